The van der Waals surface area contributed by atoms with Crippen molar-refractivity contribution < 1.29 is 4.42 Å². The molecule has 8 aromatic carbocycles. The molecule has 0 bridgehead atoms. The van der Waals surface area contributed by atoms with Crippen molar-refractivity contribution >= 4 is 56.1 Å². The molecule has 0 saturated heterocycles. The van der Waals surface area contributed by atoms with Crippen LogP contribution < -0.4 is 9.80 Å². The summed E-state index contributed by atoms with van der Waals surface area (Å²) in [6, 6.07) is 69.2. The minimum Gasteiger partial charge on any atom is -0.455 e. The summed E-state index contributed by atoms with van der Waals surface area (Å²) in [7, 11) is 0. The molecule has 0 N–H and O–H groups in total. The van der Waals surface area contributed by atoms with Crippen LogP contribution in [0.5, 0.6) is 0 Å². The zero-order valence-electron chi connectivity index (χ0n) is 28.5. The maximum absolute atomic E-state index is 6.88. The van der Waals surface area contributed by atoms with Gasteiger partial charge < -0.3 is 14.2 Å². The monoisotopic (exact) mass is 666 g/mol. The van der Waals surface area contributed by atoms with Crippen molar-refractivity contribution in [1.82, 2.24) is 0 Å². The molecule has 1 heterocycles. The normalized spacial score (nSPS) is 11.8. The first-order chi connectivity index (χ1) is 25.8. The van der Waals surface area contributed by atoms with Crippen molar-refractivity contribution in [3.8, 4) is 22.3 Å². The highest BCUT2D eigenvalue weighted by Gasteiger charge is 2.23. The Balaban J connectivity index is 1.24. The lowest BCUT2D eigenvalue weighted by Gasteiger charge is -2.26. The van der Waals surface area contributed by atoms with E-state index in [1.807, 2.05) is 0 Å². The number of hydrogen-bond acceptors (Lipinski definition) is 3. The molecule has 0 amide bonds. The number of rotatable bonds is 7. The van der Waals surface area contributed by atoms with Crippen LogP contribution in [0.25, 0.3) is 44.2 Å². The number of nitrogens with zero attached hydrogens (tertiary/aromatic N) is 2. The predicted octanol–water partition coefficient (Wildman–Crippen LogP) is 13.8. The van der Waals surface area contributed by atoms with Gasteiger partial charge in [-0.15, -0.1) is 0 Å². The van der Waals surface area contributed by atoms with Gasteiger partial charge in [0.2, 0.25) is 0 Å². The van der Waals surface area contributed by atoms with Gasteiger partial charge in [0, 0.05) is 50.5 Å². The molecule has 52 heavy (non-hydrogen) atoms. The summed E-state index contributed by atoms with van der Waals surface area (Å²) in [6.07, 6.45) is 0.962. The first-order valence-corrected chi connectivity index (χ1v) is 17.8. The van der Waals surface area contributed by atoms with Crippen LogP contribution >= 0.6 is 0 Å². The SMILES string of the molecule is c1ccc(N(c2ccccc2)c2ccc3oc4c(-c5ccc6c(c5)-c5ccccc5C6)cc(N(c5ccccc5)c5ccccc5)cc4c3c2)cc1. The van der Waals surface area contributed by atoms with Crippen LogP contribution in [0.15, 0.2) is 199 Å². The van der Waals surface area contributed by atoms with Crippen molar-refractivity contribution in [2.75, 3.05) is 9.80 Å². The molecular formula is C49H34N2O. The zero-order valence-corrected chi connectivity index (χ0v) is 28.5. The molecule has 3 heteroatoms. The lowest BCUT2D eigenvalue weighted by Crippen LogP contribution is -2.10. The van der Waals surface area contributed by atoms with E-state index in [0.29, 0.717) is 0 Å². The minimum absolute atomic E-state index is 0.857. The fourth-order valence-electron chi connectivity index (χ4n) is 7.83. The molecule has 0 unspecified atom stereocenters. The van der Waals surface area contributed by atoms with Gasteiger partial charge in [0.25, 0.3) is 0 Å². The Morgan fingerprint density at radius 1 is 0.346 bits per heavy atom. The summed E-state index contributed by atoms with van der Waals surface area (Å²) < 4.78 is 6.88. The van der Waals surface area contributed by atoms with Gasteiger partial charge >= 0.3 is 0 Å². The van der Waals surface area contributed by atoms with E-state index in [1.54, 1.807) is 0 Å². The van der Waals surface area contributed by atoms with E-state index in [2.05, 4.69) is 204 Å². The summed E-state index contributed by atoms with van der Waals surface area (Å²) in [5.41, 5.74) is 15.8. The number of para-hydroxylation sites is 4. The van der Waals surface area contributed by atoms with Crippen molar-refractivity contribution in [3.05, 3.63) is 205 Å². The largest absolute Gasteiger partial charge is 0.455 e. The number of fused-ring (bicyclic) bond motifs is 6. The topological polar surface area (TPSA) is 19.6 Å². The lowest BCUT2D eigenvalue weighted by atomic mass is 9.96. The van der Waals surface area contributed by atoms with E-state index in [4.69, 9.17) is 4.42 Å². The first-order valence-electron chi connectivity index (χ1n) is 17.8. The molecule has 9 aromatic rings. The number of benzene rings is 8. The second-order valence-corrected chi connectivity index (χ2v) is 13.4. The molecule has 0 saturated carbocycles. The van der Waals surface area contributed by atoms with E-state index in [9.17, 15) is 0 Å². The van der Waals surface area contributed by atoms with Gasteiger partial charge in [-0.1, -0.05) is 109 Å². The second kappa shape index (κ2) is 12.5. The van der Waals surface area contributed by atoms with Gasteiger partial charge in [-0.3, -0.25) is 0 Å². The van der Waals surface area contributed by atoms with E-state index in [1.165, 1.54) is 22.3 Å². The summed E-state index contributed by atoms with van der Waals surface area (Å²) in [6.45, 7) is 0. The van der Waals surface area contributed by atoms with E-state index in [0.717, 1.165) is 73.6 Å². The molecule has 3 nitrogen and oxygen atoms in total. The van der Waals surface area contributed by atoms with E-state index in [-0.39, 0.29) is 0 Å². The van der Waals surface area contributed by atoms with Gasteiger partial charge in [0.15, 0.2) is 0 Å². The minimum atomic E-state index is 0.857. The quantitative estimate of drug-likeness (QED) is 0.169. The highest BCUT2D eigenvalue weighted by molar-refractivity contribution is 6.13. The fourth-order valence-corrected chi connectivity index (χ4v) is 7.83. The third-order valence-electron chi connectivity index (χ3n) is 10.2. The lowest BCUT2D eigenvalue weighted by molar-refractivity contribution is 0.670. The maximum atomic E-state index is 6.88. The molecule has 10 rings (SSSR count). The summed E-state index contributed by atoms with van der Waals surface area (Å²) >= 11 is 0. The molecular weight excluding hydrogens is 633 g/mol. The van der Waals surface area contributed by atoms with E-state index < -0.39 is 0 Å². The van der Waals surface area contributed by atoms with Gasteiger partial charge in [-0.25, -0.2) is 0 Å². The van der Waals surface area contributed by atoms with Gasteiger partial charge in [-0.2, -0.15) is 0 Å². The summed E-state index contributed by atoms with van der Waals surface area (Å²) in [5.74, 6) is 0. The smallest absolute Gasteiger partial charge is 0.143 e. The molecule has 0 spiro atoms. The van der Waals surface area contributed by atoms with Crippen LogP contribution in [0.1, 0.15) is 11.1 Å². The zero-order chi connectivity index (χ0) is 34.4. The van der Waals surface area contributed by atoms with Crippen LogP contribution in [0, 0.1) is 0 Å². The Labute approximate surface area is 303 Å². The van der Waals surface area contributed by atoms with Gasteiger partial charge in [-0.05, 0) is 119 Å². The molecule has 0 atom stereocenters. The summed E-state index contributed by atoms with van der Waals surface area (Å²) in [4.78, 5) is 4.65. The Bertz CT molecular complexity index is 2620. The molecule has 1 aliphatic carbocycles. The Morgan fingerprint density at radius 2 is 0.865 bits per heavy atom. The van der Waals surface area contributed by atoms with Crippen LogP contribution in [-0.4, -0.2) is 0 Å². The molecule has 246 valence electrons. The van der Waals surface area contributed by atoms with Crippen molar-refractivity contribution in [1.29, 1.82) is 0 Å². The highest BCUT2D eigenvalue weighted by Crippen LogP contribution is 2.46. The van der Waals surface area contributed by atoms with Crippen LogP contribution in [0.4, 0.5) is 34.1 Å². The highest BCUT2D eigenvalue weighted by atomic mass is 16.3. The number of furan rings is 1. The Hall–Kier alpha value is -6.84. The molecule has 0 radical (unpaired) electrons. The fraction of sp³-hybridized carbons (Fsp3) is 0.0204. The third-order valence-corrected chi connectivity index (χ3v) is 10.2. The molecule has 1 aromatic heterocycles. The number of anilines is 6. The summed E-state index contributed by atoms with van der Waals surface area (Å²) in [5, 5.41) is 2.14. The Kier molecular flexibility index (Phi) is 7.21. The predicted molar refractivity (Wildman–Crippen MR) is 217 cm³/mol. The molecule has 1 aliphatic rings. The van der Waals surface area contributed by atoms with Crippen molar-refractivity contribution in [3.63, 3.8) is 0 Å². The first kappa shape index (κ1) is 30.0. The third kappa shape index (κ3) is 5.14. The van der Waals surface area contributed by atoms with Crippen molar-refractivity contribution in [2.45, 2.75) is 6.42 Å². The average molecular weight is 667 g/mol. The van der Waals surface area contributed by atoms with Crippen molar-refractivity contribution in [2.24, 2.45) is 0 Å². The van der Waals surface area contributed by atoms with Crippen LogP contribution in [0.2, 0.25) is 0 Å². The van der Waals surface area contributed by atoms with E-state index >= 15 is 0 Å². The standard InChI is InChI=1S/C49H34N2O/c1-5-16-37(17-6-1)50(38-18-7-2-8-19-38)41-27-28-48-46(31-41)47-33-42(51(39-20-9-3-10-21-39)40-22-11-4-12-23-40)32-45(49(47)52-48)36-26-25-35-29-34-15-13-14-24-43(34)44(35)30-36/h1-28,30-33H,29H2. The Morgan fingerprint density at radius 3 is 1.48 bits per heavy atom. The molecule has 0 aliphatic heterocycles. The maximum Gasteiger partial charge on any atom is 0.143 e. The van der Waals surface area contributed by atoms with Gasteiger partial charge in [0.1, 0.15) is 11.2 Å². The molecule has 0 fully saturated rings. The van der Waals surface area contributed by atoms with Crippen LogP contribution in [0.3, 0.4) is 0 Å². The second-order valence-electron chi connectivity index (χ2n) is 13.4. The number of hydrogen-bond donors (Lipinski definition) is 0. The van der Waals surface area contributed by atoms with Crippen LogP contribution in [-0.2, 0) is 6.42 Å². The van der Waals surface area contributed by atoms with Gasteiger partial charge in [0.05, 0.1) is 0 Å². The average Bonchev–Trinajstić information content (AvgIpc) is 3.77.